The predicted octanol–water partition coefficient (Wildman–Crippen LogP) is 1.26. The number of ether oxygens (including phenoxy) is 2. The number of nitrogens with one attached hydrogen (secondary N) is 1. The third kappa shape index (κ3) is 4.73. The van der Waals surface area contributed by atoms with E-state index < -0.39 is 12.3 Å². The molecule has 5 nitrogen and oxygen atoms in total. The Kier molecular flexibility index (Phi) is 6.89. The average molecular weight is 272 g/mol. The first-order valence-electron chi connectivity index (χ1n) is 5.98. The van der Waals surface area contributed by atoms with Gasteiger partial charge in [0.2, 0.25) is 5.91 Å². The molecule has 18 heavy (non-hydrogen) atoms. The zero-order chi connectivity index (χ0) is 13.4. The number of hydrogen-bond donors (Lipinski definition) is 2. The summed E-state index contributed by atoms with van der Waals surface area (Å²) in [6.45, 7) is 5.14. The summed E-state index contributed by atoms with van der Waals surface area (Å²) in [6.07, 6.45) is -0.417. The van der Waals surface area contributed by atoms with Gasteiger partial charge in [0.05, 0.1) is 6.54 Å². The van der Waals surface area contributed by atoms with Crippen LogP contribution in [0, 0.1) is 0 Å². The van der Waals surface area contributed by atoms with Crippen LogP contribution in [0.25, 0.3) is 0 Å². The fourth-order valence-corrected chi connectivity index (χ4v) is 2.15. The van der Waals surface area contributed by atoms with Crippen molar-refractivity contribution in [1.82, 2.24) is 5.32 Å². The zero-order valence-electron chi connectivity index (χ0n) is 10.7. The van der Waals surface area contributed by atoms with Crippen LogP contribution >= 0.6 is 11.3 Å². The normalized spacial score (nSPS) is 12.7. The second kappa shape index (κ2) is 8.20. The zero-order valence-corrected chi connectivity index (χ0v) is 11.5. The molecule has 0 radical (unpaired) electrons. The SMILES string of the molecule is CCOC(CNC(=O)C(N)c1cccs1)OCC. The van der Waals surface area contributed by atoms with Crippen LogP contribution in [0.15, 0.2) is 17.5 Å². The quantitative estimate of drug-likeness (QED) is 0.699. The van der Waals surface area contributed by atoms with Crippen molar-refractivity contribution >= 4 is 17.2 Å². The van der Waals surface area contributed by atoms with Gasteiger partial charge in [0.1, 0.15) is 6.04 Å². The number of carbonyl (C=O) groups excluding carboxylic acids is 1. The van der Waals surface area contributed by atoms with Gasteiger partial charge in [-0.1, -0.05) is 6.07 Å². The monoisotopic (exact) mass is 272 g/mol. The molecular formula is C12H20N2O3S. The molecule has 1 aromatic heterocycles. The Hall–Kier alpha value is -0.950. The van der Waals surface area contributed by atoms with Crippen molar-refractivity contribution in [1.29, 1.82) is 0 Å². The van der Waals surface area contributed by atoms with Gasteiger partial charge in [-0.2, -0.15) is 0 Å². The van der Waals surface area contributed by atoms with Crippen LogP contribution in [0.4, 0.5) is 0 Å². The molecular weight excluding hydrogens is 252 g/mol. The largest absolute Gasteiger partial charge is 0.351 e. The second-order valence-electron chi connectivity index (χ2n) is 3.58. The minimum atomic E-state index is -0.631. The smallest absolute Gasteiger partial charge is 0.242 e. The second-order valence-corrected chi connectivity index (χ2v) is 4.56. The summed E-state index contributed by atoms with van der Waals surface area (Å²) in [4.78, 5) is 12.7. The Bertz CT molecular complexity index is 337. The molecule has 0 aliphatic rings. The molecule has 0 aromatic carbocycles. The summed E-state index contributed by atoms with van der Waals surface area (Å²) in [5.74, 6) is -0.221. The first-order valence-corrected chi connectivity index (χ1v) is 6.86. The topological polar surface area (TPSA) is 73.6 Å². The maximum absolute atomic E-state index is 11.8. The van der Waals surface area contributed by atoms with Crippen molar-refractivity contribution < 1.29 is 14.3 Å². The van der Waals surface area contributed by atoms with E-state index in [4.69, 9.17) is 15.2 Å². The van der Waals surface area contributed by atoms with Gasteiger partial charge in [0.25, 0.3) is 0 Å². The Morgan fingerprint density at radius 1 is 1.44 bits per heavy atom. The average Bonchev–Trinajstić information content (AvgIpc) is 2.89. The van der Waals surface area contributed by atoms with Crippen molar-refractivity contribution in [2.45, 2.75) is 26.2 Å². The van der Waals surface area contributed by atoms with Crippen molar-refractivity contribution in [2.75, 3.05) is 19.8 Å². The van der Waals surface area contributed by atoms with Crippen LogP contribution in [0.1, 0.15) is 24.8 Å². The highest BCUT2D eigenvalue weighted by molar-refractivity contribution is 7.10. The standard InChI is InChI=1S/C12H20N2O3S/c1-3-16-10(17-4-2)8-14-12(15)11(13)9-6-5-7-18-9/h5-7,10-11H,3-4,8,13H2,1-2H3,(H,14,15). The Morgan fingerprint density at radius 3 is 2.61 bits per heavy atom. The van der Waals surface area contributed by atoms with Gasteiger partial charge in [-0.25, -0.2) is 0 Å². The molecule has 1 aromatic rings. The fraction of sp³-hybridized carbons (Fsp3) is 0.583. The lowest BCUT2D eigenvalue weighted by Gasteiger charge is -2.18. The van der Waals surface area contributed by atoms with E-state index in [2.05, 4.69) is 5.32 Å². The van der Waals surface area contributed by atoms with Gasteiger partial charge in [0.15, 0.2) is 6.29 Å². The maximum Gasteiger partial charge on any atom is 0.242 e. The number of amides is 1. The summed E-state index contributed by atoms with van der Waals surface area (Å²) in [5, 5.41) is 4.63. The number of rotatable bonds is 8. The Balaban J connectivity index is 2.39. The number of hydrogen-bond acceptors (Lipinski definition) is 5. The first-order chi connectivity index (χ1) is 8.69. The van der Waals surface area contributed by atoms with Gasteiger partial charge >= 0.3 is 0 Å². The van der Waals surface area contributed by atoms with Gasteiger partial charge in [-0.15, -0.1) is 11.3 Å². The van der Waals surface area contributed by atoms with E-state index in [0.29, 0.717) is 19.8 Å². The van der Waals surface area contributed by atoms with Gasteiger partial charge < -0.3 is 20.5 Å². The van der Waals surface area contributed by atoms with Crippen LogP contribution in [0.3, 0.4) is 0 Å². The third-order valence-corrected chi connectivity index (χ3v) is 3.24. The van der Waals surface area contributed by atoms with Crippen LogP contribution in [0.2, 0.25) is 0 Å². The Morgan fingerprint density at radius 2 is 2.11 bits per heavy atom. The van der Waals surface area contributed by atoms with Gasteiger partial charge in [-0.05, 0) is 25.3 Å². The molecule has 1 heterocycles. The molecule has 1 rings (SSSR count). The van der Waals surface area contributed by atoms with Crippen LogP contribution in [-0.2, 0) is 14.3 Å². The van der Waals surface area contributed by atoms with Crippen LogP contribution in [-0.4, -0.2) is 32.0 Å². The molecule has 0 saturated heterocycles. The van der Waals surface area contributed by atoms with Gasteiger partial charge in [0, 0.05) is 18.1 Å². The highest BCUT2D eigenvalue weighted by atomic mass is 32.1. The maximum atomic E-state index is 11.8. The van der Waals surface area contributed by atoms with E-state index >= 15 is 0 Å². The van der Waals surface area contributed by atoms with Crippen molar-refractivity contribution in [2.24, 2.45) is 5.73 Å². The molecule has 0 aliphatic carbocycles. The molecule has 1 unspecified atom stereocenters. The van der Waals surface area contributed by atoms with Crippen molar-refractivity contribution in [3.05, 3.63) is 22.4 Å². The van der Waals surface area contributed by atoms with E-state index in [9.17, 15) is 4.79 Å². The Labute approximate surface area is 111 Å². The molecule has 0 saturated carbocycles. The molecule has 6 heteroatoms. The molecule has 3 N–H and O–H groups in total. The van der Waals surface area contributed by atoms with E-state index in [1.54, 1.807) is 0 Å². The van der Waals surface area contributed by atoms with E-state index in [1.165, 1.54) is 11.3 Å². The van der Waals surface area contributed by atoms with Crippen LogP contribution in [0.5, 0.6) is 0 Å². The highest BCUT2D eigenvalue weighted by Crippen LogP contribution is 2.16. The number of carbonyl (C=O) groups is 1. The summed E-state index contributed by atoms with van der Waals surface area (Å²) >= 11 is 1.47. The van der Waals surface area contributed by atoms with E-state index in [0.717, 1.165) is 4.88 Å². The van der Waals surface area contributed by atoms with Crippen molar-refractivity contribution in [3.63, 3.8) is 0 Å². The summed E-state index contributed by atoms with van der Waals surface area (Å²) in [5.41, 5.74) is 5.83. The summed E-state index contributed by atoms with van der Waals surface area (Å²) in [7, 11) is 0. The summed E-state index contributed by atoms with van der Waals surface area (Å²) < 4.78 is 10.7. The van der Waals surface area contributed by atoms with Gasteiger partial charge in [-0.3, -0.25) is 4.79 Å². The predicted molar refractivity (Wildman–Crippen MR) is 71.3 cm³/mol. The van der Waals surface area contributed by atoms with E-state index in [1.807, 2.05) is 31.4 Å². The third-order valence-electron chi connectivity index (χ3n) is 2.28. The van der Waals surface area contributed by atoms with Crippen molar-refractivity contribution in [3.8, 4) is 0 Å². The fourth-order valence-electron chi connectivity index (χ4n) is 1.43. The molecule has 102 valence electrons. The van der Waals surface area contributed by atoms with E-state index in [-0.39, 0.29) is 5.91 Å². The molecule has 0 fully saturated rings. The molecule has 0 spiro atoms. The molecule has 0 aliphatic heterocycles. The lowest BCUT2D eigenvalue weighted by atomic mass is 10.2. The number of thiophene rings is 1. The first kappa shape index (κ1) is 15.1. The molecule has 0 bridgehead atoms. The van der Waals surface area contributed by atoms with Crippen LogP contribution < -0.4 is 11.1 Å². The molecule has 1 amide bonds. The lowest BCUT2D eigenvalue weighted by Crippen LogP contribution is -2.40. The minimum absolute atomic E-state index is 0.221. The highest BCUT2D eigenvalue weighted by Gasteiger charge is 2.18. The minimum Gasteiger partial charge on any atom is -0.351 e. The molecule has 1 atom stereocenters. The summed E-state index contributed by atoms with van der Waals surface area (Å²) in [6, 6.07) is 3.09. The lowest BCUT2D eigenvalue weighted by molar-refractivity contribution is -0.141. The number of nitrogens with two attached hydrogens (primary N) is 1.